The van der Waals surface area contributed by atoms with Crippen molar-refractivity contribution in [1.29, 1.82) is 0 Å². The van der Waals surface area contributed by atoms with Crippen LogP contribution in [0.1, 0.15) is 0 Å². The molecule has 0 amide bonds. The van der Waals surface area contributed by atoms with Crippen molar-refractivity contribution in [3.05, 3.63) is 164 Å². The zero-order valence-electron chi connectivity index (χ0n) is 26.8. The summed E-state index contributed by atoms with van der Waals surface area (Å²) in [5.41, 5.74) is 8.64. The molecule has 2 unspecified atom stereocenters. The third kappa shape index (κ3) is 5.61. The molecular formula is C43H29N5O2. The molecule has 0 N–H and O–H groups in total. The fraction of sp³-hybridized carbons (Fsp3) is 0.0465. The van der Waals surface area contributed by atoms with E-state index >= 15 is 0 Å². The van der Waals surface area contributed by atoms with E-state index in [0.717, 1.165) is 50.1 Å². The first-order valence-electron chi connectivity index (χ1n) is 16.5. The van der Waals surface area contributed by atoms with Gasteiger partial charge in [0.2, 0.25) is 0 Å². The van der Waals surface area contributed by atoms with Crippen molar-refractivity contribution in [2.45, 2.75) is 12.2 Å². The lowest BCUT2D eigenvalue weighted by Crippen LogP contribution is -2.38. The van der Waals surface area contributed by atoms with Gasteiger partial charge in [0, 0.05) is 41.5 Å². The Morgan fingerprint density at radius 3 is 1.34 bits per heavy atom. The standard InChI is InChI=1S/C43H29N5O2/c1-3-9-30(10-4-1)41-46-42(31-11-5-2-6-12-31)48-43(47-41)36-16-15-35(39-40(36)50-38-14-8-7-13-37(38)49-39)34-26-32(28-17-21-44-22-18-28)25-33(27-34)29-19-23-45-24-20-29/h1-27,37-38H. The highest BCUT2D eigenvalue weighted by atomic mass is 16.6. The van der Waals surface area contributed by atoms with Crippen molar-refractivity contribution in [2.24, 2.45) is 0 Å². The van der Waals surface area contributed by atoms with Crippen molar-refractivity contribution < 1.29 is 9.47 Å². The molecular weight excluding hydrogens is 619 g/mol. The molecule has 1 aliphatic carbocycles. The fourth-order valence-corrected chi connectivity index (χ4v) is 6.39. The van der Waals surface area contributed by atoms with Crippen LogP contribution in [0, 0.1) is 0 Å². The molecule has 7 heteroatoms. The third-order valence-corrected chi connectivity index (χ3v) is 8.87. The van der Waals surface area contributed by atoms with E-state index in [1.165, 1.54) is 0 Å². The van der Waals surface area contributed by atoms with Gasteiger partial charge in [-0.15, -0.1) is 0 Å². The Balaban J connectivity index is 1.26. The van der Waals surface area contributed by atoms with Crippen LogP contribution in [-0.2, 0) is 0 Å². The molecule has 7 nitrogen and oxygen atoms in total. The van der Waals surface area contributed by atoms with Crippen molar-refractivity contribution in [1.82, 2.24) is 24.9 Å². The number of nitrogens with zero attached hydrogens (tertiary/aromatic N) is 5. The molecule has 4 heterocycles. The average Bonchev–Trinajstić information content (AvgIpc) is 3.20. The summed E-state index contributed by atoms with van der Waals surface area (Å²) >= 11 is 0. The summed E-state index contributed by atoms with van der Waals surface area (Å²) < 4.78 is 13.7. The van der Waals surface area contributed by atoms with Gasteiger partial charge in [0.25, 0.3) is 0 Å². The second kappa shape index (κ2) is 12.7. The minimum absolute atomic E-state index is 0.289. The van der Waals surface area contributed by atoms with E-state index in [1.807, 2.05) is 140 Å². The Labute approximate surface area is 289 Å². The van der Waals surface area contributed by atoms with Gasteiger partial charge >= 0.3 is 0 Å². The molecule has 238 valence electrons. The van der Waals surface area contributed by atoms with Crippen LogP contribution in [0.3, 0.4) is 0 Å². The van der Waals surface area contributed by atoms with E-state index < -0.39 is 0 Å². The summed E-state index contributed by atoms with van der Waals surface area (Å²) in [4.78, 5) is 23.4. The average molecular weight is 648 g/mol. The van der Waals surface area contributed by atoms with E-state index in [2.05, 4.69) is 34.2 Å². The van der Waals surface area contributed by atoms with Gasteiger partial charge in [-0.1, -0.05) is 72.8 Å². The molecule has 0 saturated carbocycles. The van der Waals surface area contributed by atoms with E-state index in [1.54, 1.807) is 0 Å². The number of hydrogen-bond donors (Lipinski definition) is 0. The summed E-state index contributed by atoms with van der Waals surface area (Å²) in [6.45, 7) is 0. The number of ether oxygens (including phenoxy) is 2. The van der Waals surface area contributed by atoms with Crippen LogP contribution in [0.4, 0.5) is 0 Å². The highest BCUT2D eigenvalue weighted by Gasteiger charge is 2.34. The van der Waals surface area contributed by atoms with Gasteiger partial charge in [-0.2, -0.15) is 0 Å². The van der Waals surface area contributed by atoms with E-state index in [0.29, 0.717) is 29.0 Å². The van der Waals surface area contributed by atoms with Crippen LogP contribution >= 0.6 is 0 Å². The van der Waals surface area contributed by atoms with Gasteiger partial charge < -0.3 is 9.47 Å². The van der Waals surface area contributed by atoms with Gasteiger partial charge in [0.1, 0.15) is 0 Å². The Morgan fingerprint density at radius 2 is 0.820 bits per heavy atom. The molecule has 50 heavy (non-hydrogen) atoms. The quantitative estimate of drug-likeness (QED) is 0.178. The third-order valence-electron chi connectivity index (χ3n) is 8.87. The summed E-state index contributed by atoms with van der Waals surface area (Å²) in [5, 5.41) is 0. The van der Waals surface area contributed by atoms with E-state index in [9.17, 15) is 0 Å². The zero-order chi connectivity index (χ0) is 33.3. The zero-order valence-corrected chi connectivity index (χ0v) is 26.8. The van der Waals surface area contributed by atoms with E-state index in [4.69, 9.17) is 24.4 Å². The number of benzene rings is 4. The lowest BCUT2D eigenvalue weighted by Gasteiger charge is -2.34. The fourth-order valence-electron chi connectivity index (χ4n) is 6.39. The lowest BCUT2D eigenvalue weighted by molar-refractivity contribution is 0.0769. The van der Waals surface area contributed by atoms with Crippen molar-refractivity contribution >= 4 is 0 Å². The maximum atomic E-state index is 6.85. The van der Waals surface area contributed by atoms with Gasteiger partial charge in [0.05, 0.1) is 5.56 Å². The lowest BCUT2D eigenvalue weighted by atomic mass is 9.92. The van der Waals surface area contributed by atoms with Gasteiger partial charge in [-0.3, -0.25) is 9.97 Å². The predicted molar refractivity (Wildman–Crippen MR) is 195 cm³/mol. The number of pyridine rings is 2. The van der Waals surface area contributed by atoms with Crippen LogP contribution in [0.15, 0.2) is 164 Å². The first-order valence-corrected chi connectivity index (χ1v) is 16.5. The van der Waals surface area contributed by atoms with Gasteiger partial charge in [0.15, 0.2) is 41.2 Å². The van der Waals surface area contributed by atoms with Crippen LogP contribution in [0.5, 0.6) is 11.5 Å². The molecule has 4 aromatic carbocycles. The first kappa shape index (κ1) is 29.4. The number of hydrogen-bond acceptors (Lipinski definition) is 7. The summed E-state index contributed by atoms with van der Waals surface area (Å²) in [5.74, 6) is 2.89. The SMILES string of the molecule is C1=CC2Oc3c(-c4cc(-c5ccncc5)cc(-c5ccncc5)c4)ccc(-c4nc(-c5ccccc5)nc(-c5ccccc5)n4)c3OC2C=C1. The molecule has 7 aromatic rings. The van der Waals surface area contributed by atoms with Crippen LogP contribution in [0.25, 0.3) is 67.5 Å². The number of fused-ring (bicyclic) bond motifs is 2. The summed E-state index contributed by atoms with van der Waals surface area (Å²) in [6.07, 6.45) is 14.7. The van der Waals surface area contributed by atoms with Crippen molar-refractivity contribution in [2.75, 3.05) is 0 Å². The predicted octanol–water partition coefficient (Wildman–Crippen LogP) is 9.30. The Kier molecular flexibility index (Phi) is 7.48. The Hall–Kier alpha value is -6.73. The Morgan fingerprint density at radius 1 is 0.380 bits per heavy atom. The summed E-state index contributed by atoms with van der Waals surface area (Å²) in [7, 11) is 0. The molecule has 0 radical (unpaired) electrons. The molecule has 0 spiro atoms. The maximum Gasteiger partial charge on any atom is 0.174 e. The molecule has 1 aliphatic heterocycles. The van der Waals surface area contributed by atoms with E-state index in [-0.39, 0.29) is 12.2 Å². The van der Waals surface area contributed by atoms with Crippen LogP contribution < -0.4 is 9.47 Å². The maximum absolute atomic E-state index is 6.85. The van der Waals surface area contributed by atoms with Crippen LogP contribution in [-0.4, -0.2) is 37.1 Å². The van der Waals surface area contributed by atoms with Crippen molar-refractivity contribution in [3.63, 3.8) is 0 Å². The topological polar surface area (TPSA) is 82.9 Å². The highest BCUT2D eigenvalue weighted by molar-refractivity contribution is 5.87. The molecule has 2 aliphatic rings. The summed E-state index contributed by atoms with van der Waals surface area (Å²) in [6, 6.07) is 38.7. The Bertz CT molecular complexity index is 2100. The largest absolute Gasteiger partial charge is 0.478 e. The molecule has 0 fully saturated rings. The van der Waals surface area contributed by atoms with Crippen LogP contribution in [0.2, 0.25) is 0 Å². The molecule has 9 rings (SSSR count). The van der Waals surface area contributed by atoms with Gasteiger partial charge in [-0.25, -0.2) is 15.0 Å². The molecule has 2 atom stereocenters. The monoisotopic (exact) mass is 647 g/mol. The number of allylic oxidation sites excluding steroid dienone is 2. The van der Waals surface area contributed by atoms with Crippen molar-refractivity contribution in [3.8, 4) is 79.0 Å². The first-order chi connectivity index (χ1) is 24.8. The van der Waals surface area contributed by atoms with Gasteiger partial charge in [-0.05, 0) is 94.6 Å². The minimum atomic E-state index is -0.305. The molecule has 0 saturated heterocycles. The smallest absolute Gasteiger partial charge is 0.174 e. The number of rotatable bonds is 6. The second-order valence-electron chi connectivity index (χ2n) is 12.1. The second-order valence-corrected chi connectivity index (χ2v) is 12.1. The molecule has 0 bridgehead atoms. The minimum Gasteiger partial charge on any atom is -0.478 e. The number of aromatic nitrogens is 5. The normalized spacial score (nSPS) is 15.8. The molecule has 3 aromatic heterocycles. The highest BCUT2D eigenvalue weighted by Crippen LogP contribution is 2.49.